The van der Waals surface area contributed by atoms with E-state index in [0.717, 1.165) is 31.5 Å². The number of methoxy groups -OCH3 is 2. The number of hydrogen-bond acceptors (Lipinski definition) is 6. The van der Waals surface area contributed by atoms with E-state index in [2.05, 4.69) is 17.1 Å². The van der Waals surface area contributed by atoms with Crippen molar-refractivity contribution in [1.29, 1.82) is 0 Å². The summed E-state index contributed by atoms with van der Waals surface area (Å²) in [6, 6.07) is 12.8. The van der Waals surface area contributed by atoms with E-state index in [1.807, 2.05) is 35.2 Å². The van der Waals surface area contributed by atoms with Crippen molar-refractivity contribution >= 4 is 5.91 Å². The van der Waals surface area contributed by atoms with Crippen LogP contribution in [0.25, 0.3) is 22.8 Å². The largest absolute Gasteiger partial charge is 0.493 e. The molecule has 2 heterocycles. The van der Waals surface area contributed by atoms with E-state index in [9.17, 15) is 4.79 Å². The quantitative estimate of drug-likeness (QED) is 0.628. The molecule has 4 rings (SSSR count). The van der Waals surface area contributed by atoms with Crippen LogP contribution in [-0.4, -0.2) is 48.3 Å². The normalized spacial score (nSPS) is 16.4. The zero-order valence-electron chi connectivity index (χ0n) is 17.4. The molecule has 7 nitrogen and oxygen atoms in total. The van der Waals surface area contributed by atoms with E-state index in [0.29, 0.717) is 40.3 Å². The lowest BCUT2D eigenvalue weighted by Crippen LogP contribution is -2.39. The van der Waals surface area contributed by atoms with Gasteiger partial charge in [0.15, 0.2) is 11.5 Å². The SMILES string of the molecule is COc1ccc(-c2noc(-c3ccccc3C(=O)N3CCC[C@H](C)C3)n2)cc1OC. The Morgan fingerprint density at radius 1 is 1.13 bits per heavy atom. The summed E-state index contributed by atoms with van der Waals surface area (Å²) in [7, 11) is 3.16. The molecule has 0 aliphatic carbocycles. The molecule has 1 aromatic heterocycles. The average molecular weight is 407 g/mol. The molecule has 1 saturated heterocycles. The summed E-state index contributed by atoms with van der Waals surface area (Å²) >= 11 is 0. The third kappa shape index (κ3) is 3.87. The van der Waals surface area contributed by atoms with Gasteiger partial charge in [0.05, 0.1) is 25.3 Å². The summed E-state index contributed by atoms with van der Waals surface area (Å²) in [5.41, 5.74) is 1.95. The van der Waals surface area contributed by atoms with Crippen LogP contribution in [0, 0.1) is 5.92 Å². The molecule has 30 heavy (non-hydrogen) atoms. The zero-order chi connectivity index (χ0) is 21.1. The fraction of sp³-hybridized carbons (Fsp3) is 0.348. The Labute approximate surface area is 175 Å². The number of amides is 1. The third-order valence-corrected chi connectivity index (χ3v) is 5.40. The molecule has 3 aromatic rings. The molecule has 1 amide bonds. The van der Waals surface area contributed by atoms with Gasteiger partial charge in [-0.25, -0.2) is 0 Å². The lowest BCUT2D eigenvalue weighted by molar-refractivity contribution is 0.0683. The predicted octanol–water partition coefficient (Wildman–Crippen LogP) is 4.29. The Morgan fingerprint density at radius 3 is 2.70 bits per heavy atom. The third-order valence-electron chi connectivity index (χ3n) is 5.40. The highest BCUT2D eigenvalue weighted by atomic mass is 16.5. The number of likely N-dealkylation sites (tertiary alicyclic amines) is 1. The molecule has 0 unspecified atom stereocenters. The van der Waals surface area contributed by atoms with Crippen LogP contribution in [0.2, 0.25) is 0 Å². The standard InChI is InChI=1S/C23H25N3O4/c1-15-7-6-12-26(14-15)23(27)18-9-5-4-8-17(18)22-24-21(25-30-22)16-10-11-19(28-2)20(13-16)29-3/h4-5,8-11,13,15H,6-7,12,14H2,1-3H3/t15-/m0/s1. The van der Waals surface area contributed by atoms with Crippen molar-refractivity contribution in [2.75, 3.05) is 27.3 Å². The summed E-state index contributed by atoms with van der Waals surface area (Å²) in [6.45, 7) is 3.73. The van der Waals surface area contributed by atoms with Crippen molar-refractivity contribution in [3.05, 3.63) is 48.0 Å². The number of ether oxygens (including phenoxy) is 2. The van der Waals surface area contributed by atoms with Crippen molar-refractivity contribution in [3.63, 3.8) is 0 Å². The average Bonchev–Trinajstić information content (AvgIpc) is 3.28. The highest BCUT2D eigenvalue weighted by Crippen LogP contribution is 2.32. The Balaban J connectivity index is 1.65. The smallest absolute Gasteiger partial charge is 0.259 e. The van der Waals surface area contributed by atoms with Gasteiger partial charge in [0.25, 0.3) is 11.8 Å². The van der Waals surface area contributed by atoms with E-state index >= 15 is 0 Å². The van der Waals surface area contributed by atoms with Crippen LogP contribution in [-0.2, 0) is 0 Å². The minimum atomic E-state index is 0.00279. The summed E-state index contributed by atoms with van der Waals surface area (Å²) < 4.78 is 16.2. The molecule has 0 spiro atoms. The molecule has 1 fully saturated rings. The number of carbonyl (C=O) groups is 1. The second-order valence-corrected chi connectivity index (χ2v) is 7.54. The topological polar surface area (TPSA) is 77.7 Å². The van der Waals surface area contributed by atoms with Gasteiger partial charge < -0.3 is 18.9 Å². The van der Waals surface area contributed by atoms with Gasteiger partial charge in [-0.3, -0.25) is 4.79 Å². The first kappa shape index (κ1) is 19.9. The molecule has 2 aromatic carbocycles. The van der Waals surface area contributed by atoms with Gasteiger partial charge in [0.1, 0.15) is 0 Å². The number of benzene rings is 2. The van der Waals surface area contributed by atoms with Crippen LogP contribution in [0.1, 0.15) is 30.1 Å². The number of aromatic nitrogens is 2. The van der Waals surface area contributed by atoms with Crippen LogP contribution in [0.15, 0.2) is 47.0 Å². The van der Waals surface area contributed by atoms with Crippen LogP contribution < -0.4 is 9.47 Å². The number of nitrogens with zero attached hydrogens (tertiary/aromatic N) is 3. The van der Waals surface area contributed by atoms with Gasteiger partial charge >= 0.3 is 0 Å². The summed E-state index contributed by atoms with van der Waals surface area (Å²) in [5.74, 6) is 2.44. The minimum absolute atomic E-state index is 0.00279. The van der Waals surface area contributed by atoms with Crippen LogP contribution in [0.4, 0.5) is 0 Å². The van der Waals surface area contributed by atoms with Gasteiger partial charge in [-0.2, -0.15) is 4.98 Å². The van der Waals surface area contributed by atoms with E-state index in [4.69, 9.17) is 14.0 Å². The summed E-state index contributed by atoms with van der Waals surface area (Å²) in [5, 5.41) is 4.11. The van der Waals surface area contributed by atoms with Crippen LogP contribution in [0.5, 0.6) is 11.5 Å². The van der Waals surface area contributed by atoms with Crippen molar-refractivity contribution in [2.45, 2.75) is 19.8 Å². The summed E-state index contributed by atoms with van der Waals surface area (Å²) in [4.78, 5) is 19.6. The van der Waals surface area contributed by atoms with E-state index in [1.165, 1.54) is 0 Å². The first-order valence-corrected chi connectivity index (χ1v) is 10.1. The number of rotatable bonds is 5. The second-order valence-electron chi connectivity index (χ2n) is 7.54. The number of hydrogen-bond donors (Lipinski definition) is 0. The highest BCUT2D eigenvalue weighted by molar-refractivity contribution is 6.00. The maximum absolute atomic E-state index is 13.2. The van der Waals surface area contributed by atoms with Crippen molar-refractivity contribution in [1.82, 2.24) is 15.0 Å². The van der Waals surface area contributed by atoms with Crippen LogP contribution in [0.3, 0.4) is 0 Å². The Morgan fingerprint density at radius 2 is 1.93 bits per heavy atom. The molecule has 7 heteroatoms. The molecular weight excluding hydrogens is 382 g/mol. The molecule has 0 N–H and O–H groups in total. The zero-order valence-corrected chi connectivity index (χ0v) is 17.4. The summed E-state index contributed by atoms with van der Waals surface area (Å²) in [6.07, 6.45) is 2.18. The van der Waals surface area contributed by atoms with E-state index in [-0.39, 0.29) is 5.91 Å². The van der Waals surface area contributed by atoms with Crippen molar-refractivity contribution in [3.8, 4) is 34.3 Å². The minimum Gasteiger partial charge on any atom is -0.493 e. The lowest BCUT2D eigenvalue weighted by atomic mass is 9.98. The Kier molecular flexibility index (Phi) is 5.70. The number of carbonyl (C=O) groups excluding carboxylic acids is 1. The van der Waals surface area contributed by atoms with Gasteiger partial charge in [-0.05, 0) is 49.1 Å². The molecule has 156 valence electrons. The molecule has 0 bridgehead atoms. The fourth-order valence-electron chi connectivity index (χ4n) is 3.83. The van der Waals surface area contributed by atoms with Gasteiger partial charge in [-0.1, -0.05) is 24.2 Å². The van der Waals surface area contributed by atoms with Gasteiger partial charge in [-0.15, -0.1) is 0 Å². The molecule has 1 aliphatic rings. The Hall–Kier alpha value is -3.35. The lowest BCUT2D eigenvalue weighted by Gasteiger charge is -2.31. The molecule has 1 atom stereocenters. The van der Waals surface area contributed by atoms with Gasteiger partial charge in [0, 0.05) is 18.7 Å². The molecule has 0 saturated carbocycles. The maximum Gasteiger partial charge on any atom is 0.259 e. The molecule has 0 radical (unpaired) electrons. The first-order valence-electron chi connectivity index (χ1n) is 10.1. The Bertz CT molecular complexity index is 1050. The van der Waals surface area contributed by atoms with E-state index in [1.54, 1.807) is 26.4 Å². The fourth-order valence-corrected chi connectivity index (χ4v) is 3.83. The van der Waals surface area contributed by atoms with Gasteiger partial charge in [0.2, 0.25) is 5.82 Å². The number of piperidine rings is 1. The van der Waals surface area contributed by atoms with E-state index < -0.39 is 0 Å². The second kappa shape index (κ2) is 8.57. The van der Waals surface area contributed by atoms with Crippen molar-refractivity contribution in [2.24, 2.45) is 5.92 Å². The van der Waals surface area contributed by atoms with Crippen molar-refractivity contribution < 1.29 is 18.8 Å². The first-order chi connectivity index (χ1) is 14.6. The predicted molar refractivity (Wildman–Crippen MR) is 113 cm³/mol. The monoisotopic (exact) mass is 407 g/mol. The van der Waals surface area contributed by atoms with Crippen LogP contribution >= 0.6 is 0 Å². The molecular formula is C23H25N3O4. The highest BCUT2D eigenvalue weighted by Gasteiger charge is 2.25. The maximum atomic E-state index is 13.2. The molecule has 1 aliphatic heterocycles.